The van der Waals surface area contributed by atoms with E-state index in [1.807, 2.05) is 4.90 Å². The summed E-state index contributed by atoms with van der Waals surface area (Å²) in [6, 6.07) is 6.48. The lowest BCUT2D eigenvalue weighted by Crippen LogP contribution is -2.49. The first kappa shape index (κ1) is 19.6. The second-order valence-corrected chi connectivity index (χ2v) is 7.44. The summed E-state index contributed by atoms with van der Waals surface area (Å²) in [6.45, 7) is 9.81. The summed E-state index contributed by atoms with van der Waals surface area (Å²) in [5.41, 5.74) is 1.36. The molecular weight excluding hydrogens is 371 g/mol. The largest absolute Gasteiger partial charge is 0.368 e. The van der Waals surface area contributed by atoms with Crippen LogP contribution in [-0.4, -0.2) is 84.6 Å². The Morgan fingerprint density at radius 3 is 2.14 bits per heavy atom. The number of carbonyl (C=O) groups is 1. The third-order valence-corrected chi connectivity index (χ3v) is 5.76. The summed E-state index contributed by atoms with van der Waals surface area (Å²) in [4.78, 5) is 30.3. The zero-order valence-corrected chi connectivity index (χ0v) is 16.8. The van der Waals surface area contributed by atoms with Crippen molar-refractivity contribution in [2.24, 2.45) is 0 Å². The van der Waals surface area contributed by atoms with Gasteiger partial charge in [-0.05, 0) is 30.8 Å². The standard InChI is InChI=1S/C21H27FN6O/c1-2-25-7-9-27(10-8-25)20-16-23-19(15-24-20)21(29)28-13-11-26(12-14-28)18-5-3-17(22)4-6-18/h3-6,15-16H,2,7-14H2,1H3. The number of likely N-dealkylation sites (N-methyl/N-ethyl adjacent to an activating group) is 1. The fourth-order valence-electron chi connectivity index (χ4n) is 3.87. The molecule has 7 nitrogen and oxygen atoms in total. The maximum atomic E-state index is 13.1. The Bertz CT molecular complexity index is 812. The van der Waals surface area contributed by atoms with Crippen LogP contribution in [0.4, 0.5) is 15.9 Å². The highest BCUT2D eigenvalue weighted by atomic mass is 19.1. The van der Waals surface area contributed by atoms with Gasteiger partial charge in [0.25, 0.3) is 5.91 Å². The number of amides is 1. The molecular formula is C21H27FN6O. The van der Waals surface area contributed by atoms with Crippen LogP contribution in [0.5, 0.6) is 0 Å². The van der Waals surface area contributed by atoms with Crippen LogP contribution in [0.25, 0.3) is 0 Å². The molecule has 1 aromatic carbocycles. The average Bonchev–Trinajstić information content (AvgIpc) is 2.79. The molecule has 0 radical (unpaired) electrons. The summed E-state index contributed by atoms with van der Waals surface area (Å²) >= 11 is 0. The van der Waals surface area contributed by atoms with Gasteiger partial charge < -0.3 is 19.6 Å². The summed E-state index contributed by atoms with van der Waals surface area (Å²) in [5, 5.41) is 0. The molecule has 0 spiro atoms. The highest BCUT2D eigenvalue weighted by Crippen LogP contribution is 2.18. The van der Waals surface area contributed by atoms with Gasteiger partial charge in [0.2, 0.25) is 0 Å². The summed E-state index contributed by atoms with van der Waals surface area (Å²) in [5.74, 6) is 0.508. The monoisotopic (exact) mass is 398 g/mol. The summed E-state index contributed by atoms with van der Waals surface area (Å²) in [6.07, 6.45) is 3.31. The Labute approximate surface area is 170 Å². The molecule has 0 unspecified atom stereocenters. The summed E-state index contributed by atoms with van der Waals surface area (Å²) < 4.78 is 13.1. The lowest BCUT2D eigenvalue weighted by Gasteiger charge is -2.36. The molecule has 0 saturated carbocycles. The molecule has 2 saturated heterocycles. The third kappa shape index (κ3) is 4.48. The highest BCUT2D eigenvalue weighted by molar-refractivity contribution is 5.92. The van der Waals surface area contributed by atoms with Crippen LogP contribution >= 0.6 is 0 Å². The van der Waals surface area contributed by atoms with Gasteiger partial charge >= 0.3 is 0 Å². The van der Waals surface area contributed by atoms with Crippen molar-refractivity contribution in [3.8, 4) is 0 Å². The van der Waals surface area contributed by atoms with Crippen LogP contribution in [0.15, 0.2) is 36.7 Å². The van der Waals surface area contributed by atoms with Gasteiger partial charge in [0.1, 0.15) is 17.3 Å². The molecule has 8 heteroatoms. The smallest absolute Gasteiger partial charge is 0.274 e. The zero-order valence-electron chi connectivity index (χ0n) is 16.8. The predicted molar refractivity (Wildman–Crippen MR) is 111 cm³/mol. The minimum atomic E-state index is -0.239. The van der Waals surface area contributed by atoms with Crippen LogP contribution in [0, 0.1) is 5.82 Å². The van der Waals surface area contributed by atoms with E-state index < -0.39 is 0 Å². The minimum Gasteiger partial charge on any atom is -0.368 e. The predicted octanol–water partition coefficient (Wildman–Crippen LogP) is 1.72. The van der Waals surface area contributed by atoms with E-state index in [1.165, 1.54) is 12.1 Å². The van der Waals surface area contributed by atoms with Crippen molar-refractivity contribution >= 4 is 17.4 Å². The normalized spacial score (nSPS) is 18.2. The van der Waals surface area contributed by atoms with E-state index in [-0.39, 0.29) is 11.7 Å². The number of halogens is 1. The van der Waals surface area contributed by atoms with E-state index in [4.69, 9.17) is 0 Å². The second-order valence-electron chi connectivity index (χ2n) is 7.44. The lowest BCUT2D eigenvalue weighted by molar-refractivity contribution is 0.0740. The van der Waals surface area contributed by atoms with Gasteiger partial charge in [-0.1, -0.05) is 6.92 Å². The fourth-order valence-corrected chi connectivity index (χ4v) is 3.87. The SMILES string of the molecule is CCN1CCN(c2cnc(C(=O)N3CCN(c4ccc(F)cc4)CC3)cn2)CC1. The topological polar surface area (TPSA) is 55.8 Å². The molecule has 0 N–H and O–H groups in total. The molecule has 1 amide bonds. The van der Waals surface area contributed by atoms with Crippen molar-refractivity contribution < 1.29 is 9.18 Å². The van der Waals surface area contributed by atoms with Gasteiger partial charge in [0.05, 0.1) is 12.4 Å². The third-order valence-electron chi connectivity index (χ3n) is 5.76. The number of aromatic nitrogens is 2. The van der Waals surface area contributed by atoms with Crippen molar-refractivity contribution in [3.63, 3.8) is 0 Å². The van der Waals surface area contributed by atoms with Crippen LogP contribution in [-0.2, 0) is 0 Å². The van der Waals surface area contributed by atoms with Crippen molar-refractivity contribution in [2.45, 2.75) is 6.92 Å². The molecule has 0 atom stereocenters. The van der Waals surface area contributed by atoms with E-state index in [9.17, 15) is 9.18 Å². The number of rotatable bonds is 4. The van der Waals surface area contributed by atoms with Gasteiger partial charge in [-0.3, -0.25) is 4.79 Å². The Balaban J connectivity index is 1.32. The first-order valence-electron chi connectivity index (χ1n) is 10.2. The Hall–Kier alpha value is -2.74. The fraction of sp³-hybridized carbons (Fsp3) is 0.476. The van der Waals surface area contributed by atoms with Gasteiger partial charge in [0, 0.05) is 58.0 Å². The number of carbonyl (C=O) groups excluding carboxylic acids is 1. The molecule has 2 aliphatic heterocycles. The Kier molecular flexibility index (Phi) is 5.89. The average molecular weight is 398 g/mol. The van der Waals surface area contributed by atoms with Gasteiger partial charge in [-0.15, -0.1) is 0 Å². The minimum absolute atomic E-state index is 0.0846. The maximum Gasteiger partial charge on any atom is 0.274 e. The Morgan fingerprint density at radius 2 is 1.55 bits per heavy atom. The molecule has 154 valence electrons. The van der Waals surface area contributed by atoms with Gasteiger partial charge in [-0.2, -0.15) is 0 Å². The van der Waals surface area contributed by atoms with Crippen LogP contribution in [0.1, 0.15) is 17.4 Å². The molecule has 0 bridgehead atoms. The van der Waals surface area contributed by atoms with Crippen molar-refractivity contribution in [1.82, 2.24) is 19.8 Å². The molecule has 2 aromatic rings. The first-order chi connectivity index (χ1) is 14.1. The van der Waals surface area contributed by atoms with Crippen LogP contribution < -0.4 is 9.80 Å². The van der Waals surface area contributed by atoms with Crippen LogP contribution in [0.3, 0.4) is 0 Å². The Morgan fingerprint density at radius 1 is 0.897 bits per heavy atom. The molecule has 0 aliphatic carbocycles. The van der Waals surface area contributed by atoms with E-state index in [1.54, 1.807) is 24.5 Å². The lowest BCUT2D eigenvalue weighted by atomic mass is 10.2. The molecule has 2 aliphatic rings. The number of hydrogen-bond acceptors (Lipinski definition) is 6. The number of anilines is 2. The van der Waals surface area contributed by atoms with E-state index >= 15 is 0 Å². The summed E-state index contributed by atoms with van der Waals surface area (Å²) in [7, 11) is 0. The van der Waals surface area contributed by atoms with E-state index in [0.717, 1.165) is 44.2 Å². The maximum absolute atomic E-state index is 13.1. The van der Waals surface area contributed by atoms with E-state index in [2.05, 4.69) is 31.6 Å². The van der Waals surface area contributed by atoms with Gasteiger partial charge in [-0.25, -0.2) is 14.4 Å². The van der Waals surface area contributed by atoms with E-state index in [0.29, 0.717) is 31.9 Å². The highest BCUT2D eigenvalue weighted by Gasteiger charge is 2.24. The molecule has 3 heterocycles. The van der Waals surface area contributed by atoms with Crippen molar-refractivity contribution in [2.75, 3.05) is 68.7 Å². The van der Waals surface area contributed by atoms with Crippen molar-refractivity contribution in [1.29, 1.82) is 0 Å². The van der Waals surface area contributed by atoms with Crippen molar-refractivity contribution in [3.05, 3.63) is 48.2 Å². The molecule has 1 aromatic heterocycles. The number of nitrogens with zero attached hydrogens (tertiary/aromatic N) is 6. The van der Waals surface area contributed by atoms with Gasteiger partial charge in [0.15, 0.2) is 0 Å². The first-order valence-corrected chi connectivity index (χ1v) is 10.2. The van der Waals surface area contributed by atoms with Crippen LogP contribution in [0.2, 0.25) is 0 Å². The molecule has 29 heavy (non-hydrogen) atoms. The number of piperazine rings is 2. The quantitative estimate of drug-likeness (QED) is 0.782. The number of benzene rings is 1. The molecule has 4 rings (SSSR count). The molecule has 2 fully saturated rings. The zero-order chi connectivity index (χ0) is 20.2. The number of hydrogen-bond donors (Lipinski definition) is 0. The second kappa shape index (κ2) is 8.73.